The predicted octanol–water partition coefficient (Wildman–Crippen LogP) is 2.70. The number of alkyl carbamates (subject to hydrolysis) is 1. The third-order valence-corrected chi connectivity index (χ3v) is 4.87. The lowest BCUT2D eigenvalue weighted by atomic mass is 10.0. The van der Waals surface area contributed by atoms with Crippen molar-refractivity contribution in [3.63, 3.8) is 0 Å². The third kappa shape index (κ3) is 8.31. The van der Waals surface area contributed by atoms with E-state index in [0.29, 0.717) is 12.4 Å². The smallest absolute Gasteiger partial charge is 0.407 e. The van der Waals surface area contributed by atoms with Gasteiger partial charge in [0.1, 0.15) is 31.5 Å². The van der Waals surface area contributed by atoms with Gasteiger partial charge in [0.15, 0.2) is 0 Å². The maximum Gasteiger partial charge on any atom is 0.407 e. The summed E-state index contributed by atoms with van der Waals surface area (Å²) >= 11 is 0. The van der Waals surface area contributed by atoms with E-state index in [2.05, 4.69) is 10.6 Å². The van der Waals surface area contributed by atoms with Crippen LogP contribution < -0.4 is 21.1 Å². The zero-order chi connectivity index (χ0) is 24.2. The number of carbonyl (C=O) groups excluding carboxylic acids is 3. The molecule has 0 aromatic heterocycles. The highest BCUT2D eigenvalue weighted by molar-refractivity contribution is 5.88. The Bertz CT molecular complexity index is 1090. The second-order valence-corrected chi connectivity index (χ2v) is 7.56. The predicted molar refractivity (Wildman–Crippen MR) is 127 cm³/mol. The number of amides is 3. The van der Waals surface area contributed by atoms with Crippen molar-refractivity contribution < 1.29 is 23.9 Å². The van der Waals surface area contributed by atoms with Crippen molar-refractivity contribution in [1.82, 2.24) is 10.6 Å². The lowest BCUT2D eigenvalue weighted by Gasteiger charge is -2.16. The van der Waals surface area contributed by atoms with Gasteiger partial charge >= 0.3 is 6.09 Å². The van der Waals surface area contributed by atoms with Crippen LogP contribution in [0.4, 0.5) is 4.79 Å². The van der Waals surface area contributed by atoms with Gasteiger partial charge in [-0.25, -0.2) is 4.79 Å². The molecule has 1 atom stereocenters. The molecule has 0 heterocycles. The highest BCUT2D eigenvalue weighted by atomic mass is 16.5. The number of ether oxygens (including phenoxy) is 2. The SMILES string of the molecule is NC(=O)[C@H](Cc1cccc(OCc2ccccc2)c1)NC(=O)CNC(=O)OCc1ccccc1. The van der Waals surface area contributed by atoms with E-state index in [0.717, 1.165) is 16.7 Å². The summed E-state index contributed by atoms with van der Waals surface area (Å²) in [7, 11) is 0. The first kappa shape index (κ1) is 24.3. The fourth-order valence-electron chi connectivity index (χ4n) is 3.13. The summed E-state index contributed by atoms with van der Waals surface area (Å²) in [4.78, 5) is 36.0. The van der Waals surface area contributed by atoms with Gasteiger partial charge in [0, 0.05) is 6.42 Å². The van der Waals surface area contributed by atoms with E-state index in [1.807, 2.05) is 72.8 Å². The summed E-state index contributed by atoms with van der Waals surface area (Å²) in [5.74, 6) is -0.605. The first-order chi connectivity index (χ1) is 16.5. The van der Waals surface area contributed by atoms with E-state index in [1.165, 1.54) is 0 Å². The fraction of sp³-hybridized carbons (Fsp3) is 0.192. The van der Waals surface area contributed by atoms with Gasteiger partial charge in [0.25, 0.3) is 0 Å². The summed E-state index contributed by atoms with van der Waals surface area (Å²) in [5.41, 5.74) is 8.10. The third-order valence-electron chi connectivity index (χ3n) is 4.87. The first-order valence-electron chi connectivity index (χ1n) is 10.8. The van der Waals surface area contributed by atoms with Crippen molar-refractivity contribution in [3.05, 3.63) is 102 Å². The Balaban J connectivity index is 1.46. The summed E-state index contributed by atoms with van der Waals surface area (Å²) in [5, 5.41) is 4.90. The monoisotopic (exact) mass is 461 g/mol. The molecule has 0 radical (unpaired) electrons. The zero-order valence-electron chi connectivity index (χ0n) is 18.6. The molecule has 0 aliphatic heterocycles. The van der Waals surface area contributed by atoms with E-state index in [1.54, 1.807) is 12.1 Å². The minimum Gasteiger partial charge on any atom is -0.489 e. The van der Waals surface area contributed by atoms with Gasteiger partial charge in [-0.3, -0.25) is 9.59 Å². The quantitative estimate of drug-likeness (QED) is 0.406. The molecule has 4 N–H and O–H groups in total. The first-order valence-corrected chi connectivity index (χ1v) is 10.8. The molecular weight excluding hydrogens is 434 g/mol. The number of carbonyl (C=O) groups is 3. The molecule has 0 saturated heterocycles. The van der Waals surface area contributed by atoms with Crippen LogP contribution in [0.2, 0.25) is 0 Å². The van der Waals surface area contributed by atoms with Crippen LogP contribution in [0.15, 0.2) is 84.9 Å². The van der Waals surface area contributed by atoms with Crippen molar-refractivity contribution in [1.29, 1.82) is 0 Å². The number of hydrogen-bond acceptors (Lipinski definition) is 5. The van der Waals surface area contributed by atoms with E-state index in [4.69, 9.17) is 15.2 Å². The molecule has 0 fully saturated rings. The maximum atomic E-state index is 12.2. The largest absolute Gasteiger partial charge is 0.489 e. The van der Waals surface area contributed by atoms with E-state index in [9.17, 15) is 14.4 Å². The van der Waals surface area contributed by atoms with Crippen molar-refractivity contribution in [2.45, 2.75) is 25.7 Å². The standard InChI is InChI=1S/C26H27N3O5/c27-25(31)23(29-24(30)16-28-26(32)34-18-20-10-5-2-6-11-20)15-21-12-7-13-22(14-21)33-17-19-8-3-1-4-9-19/h1-14,23H,15-18H2,(H2,27,31)(H,28,32)(H,29,30)/t23-/m0/s1. The summed E-state index contributed by atoms with van der Waals surface area (Å²) in [6.07, 6.45) is -0.555. The lowest BCUT2D eigenvalue weighted by molar-refractivity contribution is -0.126. The molecule has 0 bridgehead atoms. The van der Waals surface area contributed by atoms with Crippen LogP contribution in [-0.4, -0.2) is 30.5 Å². The molecule has 3 amide bonds. The molecule has 0 spiro atoms. The number of nitrogens with one attached hydrogen (secondary N) is 2. The Morgan fingerprint density at radius 2 is 1.41 bits per heavy atom. The van der Waals surface area contributed by atoms with Gasteiger partial charge in [0.05, 0.1) is 0 Å². The second kappa shape index (κ2) is 12.6. The minimum absolute atomic E-state index is 0.0842. The summed E-state index contributed by atoms with van der Waals surface area (Å²) < 4.78 is 10.9. The van der Waals surface area contributed by atoms with Crippen molar-refractivity contribution in [3.8, 4) is 5.75 Å². The molecule has 34 heavy (non-hydrogen) atoms. The van der Waals surface area contributed by atoms with Crippen molar-refractivity contribution in [2.75, 3.05) is 6.54 Å². The number of benzene rings is 3. The Morgan fingerprint density at radius 3 is 2.06 bits per heavy atom. The van der Waals surface area contributed by atoms with Crippen LogP contribution in [-0.2, 0) is 34.0 Å². The Kier molecular flexibility index (Phi) is 9.04. The van der Waals surface area contributed by atoms with Crippen LogP contribution in [0.5, 0.6) is 5.75 Å². The van der Waals surface area contributed by atoms with Gasteiger partial charge in [-0.2, -0.15) is 0 Å². The molecule has 3 aromatic carbocycles. The average molecular weight is 462 g/mol. The molecule has 3 rings (SSSR count). The molecule has 0 aliphatic rings. The van der Waals surface area contributed by atoms with Crippen molar-refractivity contribution in [2.24, 2.45) is 5.73 Å². The molecule has 3 aromatic rings. The molecule has 176 valence electrons. The van der Waals surface area contributed by atoms with Gasteiger partial charge < -0.3 is 25.8 Å². The van der Waals surface area contributed by atoms with Gasteiger partial charge in [-0.1, -0.05) is 72.8 Å². The van der Waals surface area contributed by atoms with E-state index in [-0.39, 0.29) is 19.6 Å². The highest BCUT2D eigenvalue weighted by Crippen LogP contribution is 2.16. The molecule has 8 heteroatoms. The Labute approximate surface area is 198 Å². The van der Waals surface area contributed by atoms with Crippen LogP contribution in [0.3, 0.4) is 0 Å². The van der Waals surface area contributed by atoms with E-state index >= 15 is 0 Å². The number of rotatable bonds is 11. The molecular formula is C26H27N3O5. The van der Waals surface area contributed by atoms with Gasteiger partial charge in [-0.05, 0) is 28.8 Å². The zero-order valence-corrected chi connectivity index (χ0v) is 18.6. The normalized spacial score (nSPS) is 11.2. The fourth-order valence-corrected chi connectivity index (χ4v) is 3.13. The molecule has 0 saturated carbocycles. The second-order valence-electron chi connectivity index (χ2n) is 7.56. The van der Waals surface area contributed by atoms with E-state index < -0.39 is 23.9 Å². The molecule has 0 unspecified atom stereocenters. The number of hydrogen-bond donors (Lipinski definition) is 3. The minimum atomic E-state index is -0.945. The molecule has 0 aliphatic carbocycles. The highest BCUT2D eigenvalue weighted by Gasteiger charge is 2.19. The van der Waals surface area contributed by atoms with Crippen molar-refractivity contribution >= 4 is 17.9 Å². The average Bonchev–Trinajstić information content (AvgIpc) is 2.86. The van der Waals surface area contributed by atoms with Crippen LogP contribution in [0.1, 0.15) is 16.7 Å². The van der Waals surface area contributed by atoms with Crippen LogP contribution in [0, 0.1) is 0 Å². The molecule has 8 nitrogen and oxygen atoms in total. The van der Waals surface area contributed by atoms with Crippen LogP contribution in [0.25, 0.3) is 0 Å². The van der Waals surface area contributed by atoms with Gasteiger partial charge in [-0.15, -0.1) is 0 Å². The topological polar surface area (TPSA) is 120 Å². The Morgan fingerprint density at radius 1 is 0.794 bits per heavy atom. The summed E-state index contributed by atoms with van der Waals surface area (Å²) in [6, 6.07) is 25.2. The summed E-state index contributed by atoms with van der Waals surface area (Å²) in [6.45, 7) is 0.144. The maximum absolute atomic E-state index is 12.2. The number of nitrogens with two attached hydrogens (primary N) is 1. The number of primary amides is 1. The van der Waals surface area contributed by atoms with Crippen LogP contribution >= 0.6 is 0 Å². The van der Waals surface area contributed by atoms with Gasteiger partial charge in [0.2, 0.25) is 11.8 Å². The Hall–Kier alpha value is -4.33. The lowest BCUT2D eigenvalue weighted by Crippen LogP contribution is -2.49.